The zero-order valence-corrected chi connectivity index (χ0v) is 4.83. The number of amides is 1. The molecule has 0 heterocycles. The van der Waals surface area contributed by atoms with Gasteiger partial charge in [0.15, 0.2) is 0 Å². The van der Waals surface area contributed by atoms with Gasteiger partial charge in [-0.05, 0) is 0 Å². The lowest BCUT2D eigenvalue weighted by atomic mass is 10.8. The van der Waals surface area contributed by atoms with Crippen LogP contribution in [-0.2, 0) is 9.53 Å². The van der Waals surface area contributed by atoms with Crippen LogP contribution in [0.25, 0.3) is 0 Å². The van der Waals surface area contributed by atoms with Gasteiger partial charge in [0.1, 0.15) is 0 Å². The Morgan fingerprint density at radius 2 is 2.25 bits per heavy atom. The number of ether oxygens (including phenoxy) is 1. The molecule has 0 aliphatic heterocycles. The molecule has 1 amide bonds. The van der Waals surface area contributed by atoms with Crippen molar-refractivity contribution in [3.05, 3.63) is 0 Å². The Kier molecular flexibility index (Phi) is 21.0. The minimum absolute atomic E-state index is 0.122. The van der Waals surface area contributed by atoms with Crippen molar-refractivity contribution in [1.82, 2.24) is 0 Å². The molecule has 0 unspecified atom stereocenters. The van der Waals surface area contributed by atoms with Gasteiger partial charge in [0.25, 0.3) is 0 Å². The van der Waals surface area contributed by atoms with Gasteiger partial charge in [-0.1, -0.05) is 0 Å². The Morgan fingerprint density at radius 3 is 2.25 bits per heavy atom. The van der Waals surface area contributed by atoms with Gasteiger partial charge >= 0.3 is 0 Å². The molecular formula is C4H11NO3. The minimum atomic E-state index is 0.122. The van der Waals surface area contributed by atoms with E-state index in [1.807, 2.05) is 0 Å². The molecule has 0 bridgehead atoms. The highest BCUT2D eigenvalue weighted by Gasteiger charge is 1.67. The highest BCUT2D eigenvalue weighted by atomic mass is 16.5. The van der Waals surface area contributed by atoms with Gasteiger partial charge in [-0.15, -0.1) is 0 Å². The first kappa shape index (κ1) is 10.4. The van der Waals surface area contributed by atoms with Gasteiger partial charge in [-0.2, -0.15) is 0 Å². The zero-order valence-electron chi connectivity index (χ0n) is 4.83. The molecule has 0 radical (unpaired) electrons. The van der Waals surface area contributed by atoms with E-state index in [1.165, 1.54) is 0 Å². The first-order valence-electron chi connectivity index (χ1n) is 2.08. The molecule has 8 heavy (non-hydrogen) atoms. The van der Waals surface area contributed by atoms with Gasteiger partial charge in [0.05, 0.1) is 13.2 Å². The van der Waals surface area contributed by atoms with Crippen LogP contribution in [0.2, 0.25) is 0 Å². The molecule has 0 aromatic carbocycles. The highest BCUT2D eigenvalue weighted by molar-refractivity contribution is 5.42. The van der Waals surface area contributed by atoms with E-state index in [0.29, 0.717) is 6.61 Å². The molecule has 4 heteroatoms. The maximum atomic E-state index is 8.58. The fraction of sp³-hybridized carbons (Fsp3) is 0.750. The molecule has 0 fully saturated rings. The number of aliphatic hydroxyl groups is 1. The van der Waals surface area contributed by atoms with Crippen molar-refractivity contribution in [3.63, 3.8) is 0 Å². The van der Waals surface area contributed by atoms with E-state index in [0.717, 1.165) is 0 Å². The normalized spacial score (nSPS) is 6.75. The monoisotopic (exact) mass is 121 g/mol. The molecule has 4 nitrogen and oxygen atoms in total. The van der Waals surface area contributed by atoms with Gasteiger partial charge in [0, 0.05) is 7.11 Å². The molecule has 0 spiro atoms. The van der Waals surface area contributed by atoms with Crippen molar-refractivity contribution in [3.8, 4) is 0 Å². The Hall–Kier alpha value is -0.610. The molecule has 3 N–H and O–H groups in total. The van der Waals surface area contributed by atoms with E-state index >= 15 is 0 Å². The first-order valence-corrected chi connectivity index (χ1v) is 2.08. The number of nitrogens with two attached hydrogens (primary N) is 1. The lowest BCUT2D eigenvalue weighted by Gasteiger charge is -1.84. The van der Waals surface area contributed by atoms with Gasteiger partial charge < -0.3 is 15.6 Å². The van der Waals surface area contributed by atoms with E-state index in [-0.39, 0.29) is 13.0 Å². The molecule has 0 aromatic rings. The predicted octanol–water partition coefficient (Wildman–Crippen LogP) is -1.27. The van der Waals surface area contributed by atoms with E-state index in [4.69, 9.17) is 9.90 Å². The summed E-state index contributed by atoms with van der Waals surface area (Å²) in [5.41, 5.74) is 4.17. The van der Waals surface area contributed by atoms with Crippen molar-refractivity contribution in [2.45, 2.75) is 0 Å². The number of methoxy groups -OCH3 is 1. The van der Waals surface area contributed by atoms with Crippen LogP contribution in [0, 0.1) is 0 Å². The largest absolute Gasteiger partial charge is 0.394 e. The molecule has 0 aliphatic rings. The smallest absolute Gasteiger partial charge is 0.204 e. The zero-order chi connectivity index (χ0) is 6.83. The van der Waals surface area contributed by atoms with Crippen LogP contribution >= 0.6 is 0 Å². The summed E-state index contributed by atoms with van der Waals surface area (Å²) in [4.78, 5) is 8.58. The van der Waals surface area contributed by atoms with Crippen LogP contribution < -0.4 is 5.73 Å². The standard InChI is InChI=1S/C3H8O2.CH3NO/c1-5-3-2-4;2-1-3/h4H,2-3H2,1H3;1H,(H2,2,3). The van der Waals surface area contributed by atoms with Crippen LogP contribution in [0.5, 0.6) is 0 Å². The second kappa shape index (κ2) is 16.2. The Morgan fingerprint density at radius 1 is 1.88 bits per heavy atom. The van der Waals surface area contributed by atoms with E-state index < -0.39 is 0 Å². The minimum Gasteiger partial charge on any atom is -0.394 e. The van der Waals surface area contributed by atoms with Crippen LogP contribution in [0.1, 0.15) is 0 Å². The second-order valence-corrected chi connectivity index (χ2v) is 0.852. The third kappa shape index (κ3) is 53.8. The highest BCUT2D eigenvalue weighted by Crippen LogP contribution is 1.56. The summed E-state index contributed by atoms with van der Waals surface area (Å²) in [6.45, 7) is 0.566. The van der Waals surface area contributed by atoms with Crippen molar-refractivity contribution in [2.24, 2.45) is 5.73 Å². The quantitative estimate of drug-likeness (QED) is 0.447. The number of hydrogen-bond donors (Lipinski definition) is 2. The molecule has 0 aromatic heterocycles. The lowest BCUT2D eigenvalue weighted by Crippen LogP contribution is -1.91. The Labute approximate surface area is 48.2 Å². The number of aliphatic hydroxyl groups excluding tert-OH is 1. The van der Waals surface area contributed by atoms with E-state index in [9.17, 15) is 0 Å². The molecule has 0 rings (SSSR count). The summed E-state index contributed by atoms with van der Waals surface area (Å²) < 4.78 is 4.44. The number of rotatable bonds is 2. The average Bonchev–Trinajstić information content (AvgIpc) is 1.71. The van der Waals surface area contributed by atoms with Crippen LogP contribution in [0.4, 0.5) is 0 Å². The molecule has 0 saturated carbocycles. The van der Waals surface area contributed by atoms with Crippen LogP contribution in [-0.4, -0.2) is 31.8 Å². The van der Waals surface area contributed by atoms with Crippen molar-refractivity contribution in [2.75, 3.05) is 20.3 Å². The number of primary amides is 1. The van der Waals surface area contributed by atoms with Crippen molar-refractivity contribution < 1.29 is 14.6 Å². The van der Waals surface area contributed by atoms with Gasteiger partial charge in [0.2, 0.25) is 6.41 Å². The summed E-state index contributed by atoms with van der Waals surface area (Å²) in [6, 6.07) is 0. The summed E-state index contributed by atoms with van der Waals surface area (Å²) in [6.07, 6.45) is 0.250. The van der Waals surface area contributed by atoms with Gasteiger partial charge in [-0.3, -0.25) is 4.79 Å². The maximum absolute atomic E-state index is 8.58. The average molecular weight is 121 g/mol. The SMILES string of the molecule is COCCO.NC=O. The third-order valence-electron chi connectivity index (χ3n) is 0.295. The number of carbonyl (C=O) groups is 1. The molecule has 50 valence electrons. The maximum Gasteiger partial charge on any atom is 0.204 e. The summed E-state index contributed by atoms with van der Waals surface area (Å²) in [5, 5.41) is 7.94. The molecular weight excluding hydrogens is 110 g/mol. The lowest BCUT2D eigenvalue weighted by molar-refractivity contribution is -0.106. The second-order valence-electron chi connectivity index (χ2n) is 0.852. The fourth-order valence-corrected chi connectivity index (χ4v) is 0.0913. The molecule has 0 atom stereocenters. The summed E-state index contributed by atoms with van der Waals surface area (Å²) in [5.74, 6) is 0. The van der Waals surface area contributed by atoms with Crippen molar-refractivity contribution >= 4 is 6.41 Å². The summed E-state index contributed by atoms with van der Waals surface area (Å²) in [7, 11) is 1.55. The van der Waals surface area contributed by atoms with Gasteiger partial charge in [-0.25, -0.2) is 0 Å². The predicted molar refractivity (Wildman–Crippen MR) is 29.2 cm³/mol. The van der Waals surface area contributed by atoms with Crippen LogP contribution in [0.3, 0.4) is 0 Å². The molecule has 0 aliphatic carbocycles. The van der Waals surface area contributed by atoms with E-state index in [1.54, 1.807) is 7.11 Å². The topological polar surface area (TPSA) is 72.6 Å². The van der Waals surface area contributed by atoms with E-state index in [2.05, 4.69) is 10.5 Å². The molecule has 0 saturated heterocycles. The number of carbonyl (C=O) groups excluding carboxylic acids is 1. The Bertz CT molecular complexity index is 38.3. The third-order valence-corrected chi connectivity index (χ3v) is 0.295. The van der Waals surface area contributed by atoms with Crippen molar-refractivity contribution in [1.29, 1.82) is 0 Å². The first-order chi connectivity index (χ1) is 3.83. The summed E-state index contributed by atoms with van der Waals surface area (Å²) >= 11 is 0. The fourth-order valence-electron chi connectivity index (χ4n) is 0.0913. The Balaban J connectivity index is 0. The van der Waals surface area contributed by atoms with Crippen LogP contribution in [0.15, 0.2) is 0 Å². The number of hydrogen-bond acceptors (Lipinski definition) is 3.